The van der Waals surface area contributed by atoms with Gasteiger partial charge in [0, 0.05) is 5.92 Å². The van der Waals surface area contributed by atoms with Gasteiger partial charge < -0.3 is 10.2 Å². The van der Waals surface area contributed by atoms with Crippen LogP contribution in [0.5, 0.6) is 0 Å². The van der Waals surface area contributed by atoms with Crippen LogP contribution in [0.15, 0.2) is 36.9 Å². The fraction of sp³-hybridized carbons (Fsp3) is 0.333. The van der Waals surface area contributed by atoms with Crippen molar-refractivity contribution in [2.75, 3.05) is 0 Å². The van der Waals surface area contributed by atoms with E-state index in [0.29, 0.717) is 6.42 Å². The summed E-state index contributed by atoms with van der Waals surface area (Å²) in [7, 11) is 0. The Bertz CT molecular complexity index is 346. The Kier molecular flexibility index (Phi) is 2.40. The normalized spacial score (nSPS) is 30.9. The zero-order chi connectivity index (χ0) is 10.1. The van der Waals surface area contributed by atoms with E-state index in [1.54, 1.807) is 6.08 Å². The van der Waals surface area contributed by atoms with Gasteiger partial charge in [0.15, 0.2) is 0 Å². The quantitative estimate of drug-likeness (QED) is 0.664. The predicted molar refractivity (Wildman–Crippen MR) is 54.7 cm³/mol. The van der Waals surface area contributed by atoms with Gasteiger partial charge in [0.25, 0.3) is 0 Å². The van der Waals surface area contributed by atoms with E-state index in [1.807, 2.05) is 24.3 Å². The van der Waals surface area contributed by atoms with Crippen molar-refractivity contribution in [2.45, 2.75) is 18.6 Å². The van der Waals surface area contributed by atoms with Crippen LogP contribution in [-0.4, -0.2) is 10.2 Å². The summed E-state index contributed by atoms with van der Waals surface area (Å²) in [6.07, 6.45) is 1.27. The maximum absolute atomic E-state index is 9.96. The first-order chi connectivity index (χ1) is 6.74. The molecule has 0 spiro atoms. The van der Waals surface area contributed by atoms with Gasteiger partial charge in [0.05, 0.1) is 12.2 Å². The van der Waals surface area contributed by atoms with Crippen LogP contribution < -0.4 is 0 Å². The highest BCUT2D eigenvalue weighted by Crippen LogP contribution is 2.40. The van der Waals surface area contributed by atoms with E-state index in [9.17, 15) is 10.2 Å². The van der Waals surface area contributed by atoms with Crippen molar-refractivity contribution in [3.63, 3.8) is 0 Å². The van der Waals surface area contributed by atoms with E-state index in [-0.39, 0.29) is 5.92 Å². The molecule has 0 heterocycles. The Labute approximate surface area is 83.5 Å². The van der Waals surface area contributed by atoms with Crippen LogP contribution in [0.1, 0.15) is 29.8 Å². The zero-order valence-electron chi connectivity index (χ0n) is 7.93. The smallest absolute Gasteiger partial charge is 0.0857 e. The van der Waals surface area contributed by atoms with Gasteiger partial charge in [-0.05, 0) is 17.5 Å². The van der Waals surface area contributed by atoms with Gasteiger partial charge in [-0.25, -0.2) is 0 Å². The molecule has 3 unspecified atom stereocenters. The molecule has 0 aliphatic heterocycles. The number of hydrogen-bond donors (Lipinski definition) is 2. The Morgan fingerprint density at radius 1 is 1.21 bits per heavy atom. The van der Waals surface area contributed by atoms with Crippen LogP contribution in [0.3, 0.4) is 0 Å². The van der Waals surface area contributed by atoms with Gasteiger partial charge in [0.1, 0.15) is 0 Å². The highest BCUT2D eigenvalue weighted by atomic mass is 16.3. The lowest BCUT2D eigenvalue weighted by Crippen LogP contribution is -2.22. The molecule has 1 aromatic rings. The second kappa shape index (κ2) is 3.56. The summed E-state index contributed by atoms with van der Waals surface area (Å²) in [5.74, 6) is -0.0418. The molecule has 74 valence electrons. The first-order valence-electron chi connectivity index (χ1n) is 4.81. The van der Waals surface area contributed by atoms with Crippen LogP contribution in [0.4, 0.5) is 0 Å². The molecular formula is C12H14O2. The SMILES string of the molecule is C=CC1CC(O)c2ccccc2C1O. The summed E-state index contributed by atoms with van der Waals surface area (Å²) in [5, 5.41) is 19.8. The second-order valence-corrected chi connectivity index (χ2v) is 3.72. The van der Waals surface area contributed by atoms with E-state index in [4.69, 9.17) is 0 Å². The second-order valence-electron chi connectivity index (χ2n) is 3.72. The minimum Gasteiger partial charge on any atom is -0.388 e. The molecule has 3 atom stereocenters. The van der Waals surface area contributed by atoms with Gasteiger partial charge >= 0.3 is 0 Å². The molecule has 2 N–H and O–H groups in total. The van der Waals surface area contributed by atoms with Gasteiger partial charge in [0.2, 0.25) is 0 Å². The molecule has 2 nitrogen and oxygen atoms in total. The minimum absolute atomic E-state index is 0.0418. The minimum atomic E-state index is -0.521. The molecule has 2 rings (SSSR count). The van der Waals surface area contributed by atoms with Crippen molar-refractivity contribution in [1.29, 1.82) is 0 Å². The Balaban J connectivity index is 2.45. The number of fused-ring (bicyclic) bond motifs is 1. The van der Waals surface area contributed by atoms with E-state index < -0.39 is 12.2 Å². The van der Waals surface area contributed by atoms with Crippen molar-refractivity contribution in [2.24, 2.45) is 5.92 Å². The van der Waals surface area contributed by atoms with Gasteiger partial charge in [-0.1, -0.05) is 30.3 Å². The number of rotatable bonds is 1. The summed E-state index contributed by atoms with van der Waals surface area (Å²) >= 11 is 0. The first-order valence-corrected chi connectivity index (χ1v) is 4.81. The lowest BCUT2D eigenvalue weighted by Gasteiger charge is -2.31. The summed E-state index contributed by atoms with van der Waals surface area (Å²) in [6, 6.07) is 7.48. The van der Waals surface area contributed by atoms with Gasteiger partial charge in [-0.2, -0.15) is 0 Å². The largest absolute Gasteiger partial charge is 0.388 e. The monoisotopic (exact) mass is 190 g/mol. The van der Waals surface area contributed by atoms with Crippen LogP contribution in [-0.2, 0) is 0 Å². The predicted octanol–water partition coefficient (Wildman–Crippen LogP) is 1.96. The fourth-order valence-electron chi connectivity index (χ4n) is 2.05. The van der Waals surface area contributed by atoms with E-state index in [2.05, 4.69) is 6.58 Å². The zero-order valence-corrected chi connectivity index (χ0v) is 7.93. The van der Waals surface area contributed by atoms with E-state index in [0.717, 1.165) is 11.1 Å². The number of aliphatic hydroxyl groups is 2. The van der Waals surface area contributed by atoms with E-state index >= 15 is 0 Å². The Hall–Kier alpha value is -1.12. The lowest BCUT2D eigenvalue weighted by molar-refractivity contribution is 0.0586. The molecule has 2 heteroatoms. The molecule has 0 radical (unpaired) electrons. The third kappa shape index (κ3) is 1.37. The maximum Gasteiger partial charge on any atom is 0.0857 e. The molecule has 0 amide bonds. The Morgan fingerprint density at radius 2 is 1.86 bits per heavy atom. The average Bonchev–Trinajstić information content (AvgIpc) is 2.23. The van der Waals surface area contributed by atoms with Gasteiger partial charge in [-0.3, -0.25) is 0 Å². The highest BCUT2D eigenvalue weighted by Gasteiger charge is 2.30. The molecule has 0 fully saturated rings. The number of aliphatic hydroxyl groups excluding tert-OH is 2. The summed E-state index contributed by atoms with van der Waals surface area (Å²) in [6.45, 7) is 3.67. The van der Waals surface area contributed by atoms with Crippen LogP contribution in [0.25, 0.3) is 0 Å². The topological polar surface area (TPSA) is 40.5 Å². The lowest BCUT2D eigenvalue weighted by atomic mass is 9.80. The van der Waals surface area contributed by atoms with Crippen molar-refractivity contribution >= 4 is 0 Å². The summed E-state index contributed by atoms with van der Waals surface area (Å²) in [5.41, 5.74) is 1.68. The highest BCUT2D eigenvalue weighted by molar-refractivity contribution is 5.34. The Morgan fingerprint density at radius 3 is 2.50 bits per heavy atom. The van der Waals surface area contributed by atoms with Crippen LogP contribution in [0, 0.1) is 5.92 Å². The van der Waals surface area contributed by atoms with Crippen molar-refractivity contribution in [3.05, 3.63) is 48.0 Å². The average molecular weight is 190 g/mol. The van der Waals surface area contributed by atoms with Crippen LogP contribution >= 0.6 is 0 Å². The van der Waals surface area contributed by atoms with E-state index in [1.165, 1.54) is 0 Å². The van der Waals surface area contributed by atoms with Crippen molar-refractivity contribution < 1.29 is 10.2 Å². The fourth-order valence-corrected chi connectivity index (χ4v) is 2.05. The molecule has 1 aliphatic carbocycles. The summed E-state index contributed by atoms with van der Waals surface area (Å²) in [4.78, 5) is 0. The first kappa shape index (κ1) is 9.44. The molecule has 0 bridgehead atoms. The molecule has 0 aromatic heterocycles. The van der Waals surface area contributed by atoms with Crippen molar-refractivity contribution in [1.82, 2.24) is 0 Å². The molecule has 0 saturated carbocycles. The third-order valence-corrected chi connectivity index (χ3v) is 2.88. The third-order valence-electron chi connectivity index (χ3n) is 2.88. The standard InChI is InChI=1S/C12H14O2/c1-2-8-7-11(13)9-5-3-4-6-10(9)12(8)14/h2-6,8,11-14H,1,7H2. The molecule has 14 heavy (non-hydrogen) atoms. The molecule has 1 aromatic carbocycles. The number of hydrogen-bond acceptors (Lipinski definition) is 2. The molecular weight excluding hydrogens is 176 g/mol. The van der Waals surface area contributed by atoms with Gasteiger partial charge in [-0.15, -0.1) is 6.58 Å². The molecule has 0 saturated heterocycles. The number of benzene rings is 1. The van der Waals surface area contributed by atoms with Crippen molar-refractivity contribution in [3.8, 4) is 0 Å². The van der Waals surface area contributed by atoms with Crippen LogP contribution in [0.2, 0.25) is 0 Å². The summed E-state index contributed by atoms with van der Waals surface area (Å²) < 4.78 is 0. The molecule has 1 aliphatic rings. The maximum atomic E-state index is 9.96.